The van der Waals surface area contributed by atoms with Gasteiger partial charge in [0.2, 0.25) is 5.91 Å². The van der Waals surface area contributed by atoms with E-state index >= 15 is 0 Å². The van der Waals surface area contributed by atoms with Crippen molar-refractivity contribution >= 4 is 23.3 Å². The molecule has 0 bridgehead atoms. The largest absolute Gasteiger partial charge is 0.485 e. The topological polar surface area (TPSA) is 119 Å². The Bertz CT molecular complexity index is 3960. The Labute approximate surface area is 645 Å². The quantitative estimate of drug-likeness (QED) is 0.158. The summed E-state index contributed by atoms with van der Waals surface area (Å²) in [5.74, 6) is 2.18. The molecule has 8 aliphatic carbocycles. The molecule has 0 aromatic heterocycles. The van der Waals surface area contributed by atoms with Gasteiger partial charge < -0.3 is 19.9 Å². The van der Waals surface area contributed by atoms with Gasteiger partial charge in [0.05, 0.1) is 23.5 Å². The predicted molar refractivity (Wildman–Crippen MR) is 442 cm³/mol. The second kappa shape index (κ2) is 28.6. The molecule has 5 saturated carbocycles. The maximum Gasteiger partial charge on any atom is 0.227 e. The van der Waals surface area contributed by atoms with E-state index in [1.165, 1.54) is 58.2 Å². The van der Waals surface area contributed by atoms with E-state index in [0.717, 1.165) is 55.7 Å². The lowest BCUT2D eigenvalue weighted by molar-refractivity contribution is -0.277. The van der Waals surface area contributed by atoms with E-state index in [1.54, 1.807) is 0 Å². The maximum absolute atomic E-state index is 12.7. The van der Waals surface area contributed by atoms with Gasteiger partial charge in [-0.1, -0.05) is 337 Å². The number of nitrogens with one attached hydrogen (secondary N) is 1. The molecule has 6 fully saturated rings. The predicted octanol–water partition coefficient (Wildman–Crippen LogP) is 24.1. The Hall–Kier alpha value is -5.70. The van der Waals surface area contributed by atoms with Crippen molar-refractivity contribution in [2.24, 2.45) is 70.4 Å². The number of para-hydroxylation sites is 1. The van der Waals surface area contributed by atoms with Crippen LogP contribution in [0.25, 0.3) is 0 Å². The summed E-state index contributed by atoms with van der Waals surface area (Å²) in [5, 5.41) is 13.7. The van der Waals surface area contributed by atoms with Gasteiger partial charge in [-0.25, -0.2) is 0 Å². The highest BCUT2D eigenvalue weighted by molar-refractivity contribution is 6.03. The number of ether oxygens (including phenoxy) is 2. The number of carbonyl (C=O) groups is 4. The number of aliphatic hydroxyl groups is 1. The fourth-order valence-electron chi connectivity index (χ4n) is 27.7. The summed E-state index contributed by atoms with van der Waals surface area (Å²) in [7, 11) is 0. The molecule has 1 atom stereocenters. The average Bonchev–Trinajstić information content (AvgIpc) is 1.39. The van der Waals surface area contributed by atoms with Crippen LogP contribution in [0.5, 0.6) is 5.75 Å². The summed E-state index contributed by atoms with van der Waals surface area (Å²) in [6.07, 6.45) is 9.79. The SMILES string of the molecule is CC.CC.CC.CC(C)(C)C1(C(C)(C)C)CC(=O)Cc2ccccc2O1.CC1(C)CC(C)(C)C12C(=O)Cc1ccccc12.CC1(C)CC(C)(C)C12CC(=O)c1ccccc12.CC1(C)CC(C)(C)C12CCNC2=O.CC1(C)CC(C)(C)C12OCc1ccccc12.CC1(C)CC(C)(C)C12c1ccccc1CC2O. The third kappa shape index (κ3) is 12.5. The number of benzene rings is 5. The van der Waals surface area contributed by atoms with Crippen LogP contribution in [-0.2, 0) is 66.8 Å². The average molecular weight is 1450 g/mol. The number of aliphatic hydroxyl groups excluding tert-OH is 1. The first kappa shape index (κ1) is 85.9. The van der Waals surface area contributed by atoms with Crippen LogP contribution in [0.4, 0.5) is 0 Å². The molecule has 0 radical (unpaired) electrons. The molecule has 1 amide bonds. The van der Waals surface area contributed by atoms with Gasteiger partial charge in [-0.3, -0.25) is 19.2 Å². The van der Waals surface area contributed by atoms with Gasteiger partial charge in [-0.15, -0.1) is 0 Å². The Kier molecular flexibility index (Phi) is 23.1. The van der Waals surface area contributed by atoms with Crippen LogP contribution in [0, 0.1) is 70.4 Å². The van der Waals surface area contributed by atoms with Crippen molar-refractivity contribution in [2.45, 2.75) is 332 Å². The van der Waals surface area contributed by atoms with Crippen molar-refractivity contribution in [3.8, 4) is 5.75 Å². The molecule has 2 N–H and O–H groups in total. The maximum atomic E-state index is 12.7. The molecule has 8 nitrogen and oxygen atoms in total. The summed E-state index contributed by atoms with van der Waals surface area (Å²) in [6, 6.07) is 41.9. The number of carbonyl (C=O) groups excluding carboxylic acids is 4. The lowest BCUT2D eigenvalue weighted by Crippen LogP contribution is -2.68. The first-order valence-corrected chi connectivity index (χ1v) is 41.1. The van der Waals surface area contributed by atoms with Crippen molar-refractivity contribution in [1.29, 1.82) is 0 Å². The molecule has 1 unspecified atom stereocenters. The molecule has 584 valence electrons. The van der Waals surface area contributed by atoms with E-state index in [-0.39, 0.29) is 110 Å². The second-order valence-electron chi connectivity index (χ2n) is 41.4. The van der Waals surface area contributed by atoms with Gasteiger partial charge in [0.25, 0.3) is 0 Å². The van der Waals surface area contributed by atoms with Crippen molar-refractivity contribution < 1.29 is 33.8 Å². The summed E-state index contributed by atoms with van der Waals surface area (Å²) in [6.45, 7) is 72.4. The molecular weight excluding hydrogens is 1300 g/mol. The number of ketones is 3. The highest BCUT2D eigenvalue weighted by Crippen LogP contribution is 2.76. The fourth-order valence-corrected chi connectivity index (χ4v) is 27.7. The molecule has 5 aromatic carbocycles. The number of Topliss-reactive ketones (excluding diaryl/α,β-unsaturated/α-hetero) is 3. The van der Waals surface area contributed by atoms with E-state index < -0.39 is 5.60 Å². The van der Waals surface area contributed by atoms with E-state index in [1.807, 2.05) is 84.0 Å². The highest BCUT2D eigenvalue weighted by Gasteiger charge is 2.75. The minimum Gasteiger partial charge on any atom is -0.485 e. The molecule has 16 rings (SSSR count). The zero-order valence-electron chi connectivity index (χ0n) is 72.7. The number of hydrogen-bond acceptors (Lipinski definition) is 7. The molecular formula is C98H145NO7. The van der Waals surface area contributed by atoms with Crippen LogP contribution in [0.3, 0.4) is 0 Å². The van der Waals surface area contributed by atoms with Crippen LogP contribution in [0.15, 0.2) is 121 Å². The summed E-state index contributed by atoms with van der Waals surface area (Å²) in [5.41, 5.74) is 12.2. The second-order valence-corrected chi connectivity index (χ2v) is 41.4. The smallest absolute Gasteiger partial charge is 0.227 e. The molecule has 5 aromatic rings. The number of fused-ring (bicyclic) bond motifs is 9. The summed E-state index contributed by atoms with van der Waals surface area (Å²) >= 11 is 0. The third-order valence-corrected chi connectivity index (χ3v) is 29.3. The Morgan fingerprint density at radius 3 is 1.26 bits per heavy atom. The van der Waals surface area contributed by atoms with Crippen molar-refractivity contribution in [3.63, 3.8) is 0 Å². The van der Waals surface area contributed by atoms with Gasteiger partial charge in [-0.05, 0) is 144 Å². The van der Waals surface area contributed by atoms with E-state index in [4.69, 9.17) is 9.47 Å². The van der Waals surface area contributed by atoms with Gasteiger partial charge >= 0.3 is 0 Å². The Balaban J connectivity index is 0.000000159. The zero-order valence-corrected chi connectivity index (χ0v) is 72.7. The van der Waals surface area contributed by atoms with Crippen molar-refractivity contribution in [1.82, 2.24) is 5.32 Å². The lowest BCUT2D eigenvalue weighted by atomic mass is 9.36. The van der Waals surface area contributed by atoms with Crippen LogP contribution in [-0.4, -0.2) is 46.6 Å². The molecule has 8 heteroatoms. The van der Waals surface area contributed by atoms with Crippen LogP contribution in [0.1, 0.15) is 328 Å². The van der Waals surface area contributed by atoms with E-state index in [0.29, 0.717) is 37.2 Å². The van der Waals surface area contributed by atoms with Crippen LogP contribution >= 0.6 is 0 Å². The Morgan fingerprint density at radius 2 is 0.821 bits per heavy atom. The van der Waals surface area contributed by atoms with Gasteiger partial charge in [0.1, 0.15) is 28.5 Å². The molecule has 3 heterocycles. The summed E-state index contributed by atoms with van der Waals surface area (Å²) in [4.78, 5) is 49.3. The van der Waals surface area contributed by atoms with Crippen LogP contribution < -0.4 is 10.1 Å². The molecule has 11 aliphatic rings. The van der Waals surface area contributed by atoms with Gasteiger partial charge in [0.15, 0.2) is 5.78 Å². The van der Waals surface area contributed by atoms with Gasteiger partial charge in [-0.2, -0.15) is 0 Å². The summed E-state index contributed by atoms with van der Waals surface area (Å²) < 4.78 is 12.8. The lowest BCUT2D eigenvalue weighted by Gasteiger charge is -2.68. The number of hydrogen-bond donors (Lipinski definition) is 2. The number of rotatable bonds is 0. The van der Waals surface area contributed by atoms with E-state index in [2.05, 4.69) is 264 Å². The molecule has 1 saturated heterocycles. The zero-order chi connectivity index (χ0) is 80.1. The standard InChI is InChI=1S/C18H26O2.C16H20O.C16H22O.C16H20O.C15H20O.C11H19NO.3C2H6/c1-16(2,3)18(17(4,5)6)12-14(19)11-13-9-7-8-10-15(13)20-18;1-14(2)10-15(3,4)16(14)9-13(17)11-7-5-6-8-12(11)16;2*1-14(2)10-15(3,4)16(14)12-8-6-5-7-11(12)9-13(16)17;1-13(2)10-14(3,4)15(13)12-8-6-5-7-11(12)9-16-15;1-9(2)7-10(3,4)11(9)5-6-12-8(11)13;3*1-2/h7-10H,11-12H2,1-6H3;5-8H,9-10H2,1-4H3;5-8,13,17H,9-10H2,1-4H3;5-8H,9-10H2,1-4H3;5-8H,9-10H2,1-4H3;5-7H2,1-4H3,(H,12,13);3*1-2H3. The fraction of sp³-hybridized carbons (Fsp3) is 0.653. The monoisotopic (exact) mass is 1450 g/mol. The minimum absolute atomic E-state index is 0.0450. The molecule has 5 spiro atoms. The minimum atomic E-state index is -0.496. The normalized spacial score (nSPS) is 25.5. The number of amides is 1. The van der Waals surface area contributed by atoms with E-state index in [9.17, 15) is 24.3 Å². The Morgan fingerprint density at radius 1 is 0.415 bits per heavy atom. The molecule has 3 aliphatic heterocycles. The van der Waals surface area contributed by atoms with Crippen molar-refractivity contribution in [2.75, 3.05) is 6.54 Å². The van der Waals surface area contributed by atoms with Crippen LogP contribution in [0.2, 0.25) is 0 Å². The van der Waals surface area contributed by atoms with Crippen molar-refractivity contribution in [3.05, 3.63) is 171 Å². The van der Waals surface area contributed by atoms with Gasteiger partial charge in [0, 0.05) is 65.0 Å². The molecule has 106 heavy (non-hydrogen) atoms. The first-order valence-electron chi connectivity index (χ1n) is 41.1. The third-order valence-electron chi connectivity index (χ3n) is 29.3. The highest BCUT2D eigenvalue weighted by atomic mass is 16.5. The first-order chi connectivity index (χ1) is 48.8.